The van der Waals surface area contributed by atoms with E-state index in [1.807, 2.05) is 19.9 Å². The monoisotopic (exact) mass is 178 g/mol. The van der Waals surface area contributed by atoms with E-state index in [0.717, 1.165) is 17.9 Å². The number of terminal acetylenes is 1. The maximum Gasteiger partial charge on any atom is 0.133 e. The van der Waals surface area contributed by atoms with Crippen molar-refractivity contribution in [1.29, 1.82) is 0 Å². The maximum atomic E-state index is 5.30. The van der Waals surface area contributed by atoms with Crippen LogP contribution in [0.4, 0.5) is 0 Å². The molecule has 13 heavy (non-hydrogen) atoms. The van der Waals surface area contributed by atoms with Gasteiger partial charge in [-0.3, -0.25) is 5.32 Å². The van der Waals surface area contributed by atoms with Crippen LogP contribution in [-0.4, -0.2) is 11.2 Å². The molecule has 1 rings (SSSR count). The second-order valence-electron chi connectivity index (χ2n) is 2.94. The SMILES string of the molecule is C#CC(CC)NCc1cc(C)on1. The minimum Gasteiger partial charge on any atom is -0.361 e. The third kappa shape index (κ3) is 2.92. The first-order valence-electron chi connectivity index (χ1n) is 4.38. The Kier molecular flexibility index (Phi) is 3.53. The number of hydrogen-bond acceptors (Lipinski definition) is 3. The number of nitrogens with one attached hydrogen (secondary N) is 1. The molecule has 3 nitrogen and oxygen atoms in total. The maximum absolute atomic E-state index is 5.30. The fraction of sp³-hybridized carbons (Fsp3) is 0.500. The Bertz CT molecular complexity index is 298. The van der Waals surface area contributed by atoms with E-state index < -0.39 is 0 Å². The van der Waals surface area contributed by atoms with Crippen LogP contribution in [0.15, 0.2) is 10.6 Å². The molecule has 70 valence electrons. The molecule has 0 amide bonds. The minimum atomic E-state index is 0.122. The molecule has 0 radical (unpaired) electrons. The Labute approximate surface area is 78.5 Å². The summed E-state index contributed by atoms with van der Waals surface area (Å²) in [6.07, 6.45) is 6.22. The van der Waals surface area contributed by atoms with E-state index >= 15 is 0 Å². The van der Waals surface area contributed by atoms with Crippen LogP contribution in [0.5, 0.6) is 0 Å². The lowest BCUT2D eigenvalue weighted by Gasteiger charge is -2.07. The fourth-order valence-electron chi connectivity index (χ4n) is 1.05. The van der Waals surface area contributed by atoms with Crippen molar-refractivity contribution < 1.29 is 4.52 Å². The van der Waals surface area contributed by atoms with E-state index in [1.54, 1.807) is 0 Å². The van der Waals surface area contributed by atoms with Crippen molar-refractivity contribution >= 4 is 0 Å². The first-order chi connectivity index (χ1) is 6.26. The minimum absolute atomic E-state index is 0.122. The van der Waals surface area contributed by atoms with Gasteiger partial charge >= 0.3 is 0 Å². The third-order valence-corrected chi connectivity index (χ3v) is 1.82. The van der Waals surface area contributed by atoms with Crippen LogP contribution >= 0.6 is 0 Å². The van der Waals surface area contributed by atoms with Crippen LogP contribution in [-0.2, 0) is 6.54 Å². The van der Waals surface area contributed by atoms with E-state index in [-0.39, 0.29) is 6.04 Å². The van der Waals surface area contributed by atoms with Crippen molar-refractivity contribution in [3.63, 3.8) is 0 Å². The van der Waals surface area contributed by atoms with Gasteiger partial charge in [0.2, 0.25) is 0 Å². The summed E-state index contributed by atoms with van der Waals surface area (Å²) >= 11 is 0. The van der Waals surface area contributed by atoms with Gasteiger partial charge in [0.15, 0.2) is 0 Å². The predicted molar refractivity (Wildman–Crippen MR) is 51.0 cm³/mol. The van der Waals surface area contributed by atoms with Crippen molar-refractivity contribution in [2.75, 3.05) is 0 Å². The van der Waals surface area contributed by atoms with E-state index in [4.69, 9.17) is 10.9 Å². The van der Waals surface area contributed by atoms with E-state index in [0.29, 0.717) is 6.54 Å². The fourth-order valence-corrected chi connectivity index (χ4v) is 1.05. The highest BCUT2D eigenvalue weighted by Gasteiger charge is 2.03. The molecule has 1 aromatic heterocycles. The van der Waals surface area contributed by atoms with Crippen molar-refractivity contribution in [2.45, 2.75) is 32.9 Å². The topological polar surface area (TPSA) is 38.1 Å². The smallest absolute Gasteiger partial charge is 0.133 e. The number of aromatic nitrogens is 1. The summed E-state index contributed by atoms with van der Waals surface area (Å²) in [6, 6.07) is 2.02. The van der Waals surface area contributed by atoms with Gasteiger partial charge in [-0.2, -0.15) is 0 Å². The summed E-state index contributed by atoms with van der Waals surface area (Å²) in [4.78, 5) is 0. The summed E-state index contributed by atoms with van der Waals surface area (Å²) < 4.78 is 4.92. The average molecular weight is 178 g/mol. The number of nitrogens with zero attached hydrogens (tertiary/aromatic N) is 1. The second-order valence-corrected chi connectivity index (χ2v) is 2.94. The molecular weight excluding hydrogens is 164 g/mol. The van der Waals surface area contributed by atoms with Gasteiger partial charge in [-0.25, -0.2) is 0 Å². The predicted octanol–water partition coefficient (Wildman–Crippen LogP) is 1.48. The van der Waals surface area contributed by atoms with Gasteiger partial charge in [0.05, 0.1) is 11.7 Å². The lowest BCUT2D eigenvalue weighted by molar-refractivity contribution is 0.387. The molecule has 1 unspecified atom stereocenters. The molecule has 1 heterocycles. The Morgan fingerprint density at radius 1 is 1.77 bits per heavy atom. The molecule has 1 N–H and O–H groups in total. The van der Waals surface area contributed by atoms with Gasteiger partial charge in [0, 0.05) is 12.6 Å². The van der Waals surface area contributed by atoms with Gasteiger partial charge in [-0.15, -0.1) is 6.42 Å². The van der Waals surface area contributed by atoms with E-state index in [9.17, 15) is 0 Å². The summed E-state index contributed by atoms with van der Waals surface area (Å²) in [6.45, 7) is 4.58. The second kappa shape index (κ2) is 4.68. The van der Waals surface area contributed by atoms with Crippen LogP contribution in [0.25, 0.3) is 0 Å². The highest BCUT2D eigenvalue weighted by molar-refractivity contribution is 5.05. The number of hydrogen-bond donors (Lipinski definition) is 1. The zero-order valence-electron chi connectivity index (χ0n) is 8.00. The zero-order valence-corrected chi connectivity index (χ0v) is 8.00. The molecule has 0 aliphatic heterocycles. The summed E-state index contributed by atoms with van der Waals surface area (Å²) in [5.41, 5.74) is 0.895. The zero-order chi connectivity index (χ0) is 9.68. The molecule has 0 spiro atoms. The van der Waals surface area contributed by atoms with Crippen LogP contribution in [0, 0.1) is 19.3 Å². The normalized spacial score (nSPS) is 12.4. The molecule has 3 heteroatoms. The molecule has 0 bridgehead atoms. The molecular formula is C10H14N2O. The summed E-state index contributed by atoms with van der Waals surface area (Å²) in [5.74, 6) is 3.48. The van der Waals surface area contributed by atoms with E-state index in [1.165, 1.54) is 0 Å². The average Bonchev–Trinajstić information content (AvgIpc) is 2.53. The molecule has 0 aromatic carbocycles. The van der Waals surface area contributed by atoms with Crippen molar-refractivity contribution in [3.05, 3.63) is 17.5 Å². The van der Waals surface area contributed by atoms with Crippen molar-refractivity contribution in [1.82, 2.24) is 10.5 Å². The molecule has 0 saturated heterocycles. The van der Waals surface area contributed by atoms with Crippen molar-refractivity contribution in [2.24, 2.45) is 0 Å². The molecule has 0 saturated carbocycles. The highest BCUT2D eigenvalue weighted by atomic mass is 16.5. The summed E-state index contributed by atoms with van der Waals surface area (Å²) in [5, 5.41) is 7.04. The Balaban J connectivity index is 2.39. The quantitative estimate of drug-likeness (QED) is 0.710. The lowest BCUT2D eigenvalue weighted by Crippen LogP contribution is -2.26. The van der Waals surface area contributed by atoms with Gasteiger partial charge < -0.3 is 4.52 Å². The van der Waals surface area contributed by atoms with Gasteiger partial charge in [-0.1, -0.05) is 18.0 Å². The molecule has 0 aliphatic rings. The van der Waals surface area contributed by atoms with Crippen LogP contribution in [0.2, 0.25) is 0 Å². The van der Waals surface area contributed by atoms with Crippen LogP contribution < -0.4 is 5.32 Å². The van der Waals surface area contributed by atoms with Crippen LogP contribution in [0.1, 0.15) is 24.8 Å². The Morgan fingerprint density at radius 3 is 3.00 bits per heavy atom. The molecule has 1 atom stereocenters. The van der Waals surface area contributed by atoms with Gasteiger partial charge in [-0.05, 0) is 13.3 Å². The number of rotatable bonds is 4. The first-order valence-corrected chi connectivity index (χ1v) is 4.38. The highest BCUT2D eigenvalue weighted by Crippen LogP contribution is 2.01. The third-order valence-electron chi connectivity index (χ3n) is 1.82. The largest absolute Gasteiger partial charge is 0.361 e. The number of aryl methyl sites for hydroxylation is 1. The Hall–Kier alpha value is -1.27. The van der Waals surface area contributed by atoms with Gasteiger partial charge in [0.1, 0.15) is 5.76 Å². The summed E-state index contributed by atoms with van der Waals surface area (Å²) in [7, 11) is 0. The standard InChI is InChI=1S/C10H14N2O/c1-4-9(5-2)11-7-10-6-8(3)13-12-10/h1,6,9,11H,5,7H2,2-3H3. The van der Waals surface area contributed by atoms with E-state index in [2.05, 4.69) is 16.4 Å². The Morgan fingerprint density at radius 2 is 2.54 bits per heavy atom. The van der Waals surface area contributed by atoms with Crippen LogP contribution in [0.3, 0.4) is 0 Å². The molecule has 0 aliphatic carbocycles. The lowest BCUT2D eigenvalue weighted by atomic mass is 10.2. The first kappa shape index (κ1) is 9.82. The molecule has 0 fully saturated rings. The molecule has 1 aromatic rings. The van der Waals surface area contributed by atoms with Gasteiger partial charge in [0.25, 0.3) is 0 Å². The van der Waals surface area contributed by atoms with Crippen molar-refractivity contribution in [3.8, 4) is 12.3 Å².